The van der Waals surface area contributed by atoms with E-state index in [-0.39, 0.29) is 12.5 Å². The summed E-state index contributed by atoms with van der Waals surface area (Å²) in [5.41, 5.74) is 0. The molecule has 1 N–H and O–H groups in total. The molecule has 18 heavy (non-hydrogen) atoms. The third-order valence-corrected chi connectivity index (χ3v) is 2.82. The van der Waals surface area contributed by atoms with Gasteiger partial charge in [-0.2, -0.15) is 0 Å². The number of para-hydroxylation sites is 2. The van der Waals surface area contributed by atoms with Crippen molar-refractivity contribution in [3.05, 3.63) is 24.3 Å². The fourth-order valence-corrected chi connectivity index (χ4v) is 1.75. The lowest BCUT2D eigenvalue weighted by molar-refractivity contribution is -0.130. The Morgan fingerprint density at radius 1 is 1.39 bits per heavy atom. The van der Waals surface area contributed by atoms with E-state index in [1.807, 2.05) is 24.3 Å². The molecule has 0 aliphatic carbocycles. The summed E-state index contributed by atoms with van der Waals surface area (Å²) in [5, 5.41) is 2.87. The first-order valence-corrected chi connectivity index (χ1v) is 6.33. The van der Waals surface area contributed by atoms with E-state index < -0.39 is 6.10 Å². The summed E-state index contributed by atoms with van der Waals surface area (Å²) in [6.07, 6.45) is 0.419. The van der Waals surface area contributed by atoms with Crippen LogP contribution >= 0.6 is 0 Å². The minimum absolute atomic E-state index is 0.106. The average Bonchev–Trinajstić information content (AvgIpc) is 2.37. The number of amides is 1. The number of rotatable bonds is 4. The van der Waals surface area contributed by atoms with Crippen molar-refractivity contribution in [2.75, 3.05) is 13.2 Å². The lowest BCUT2D eigenvalue weighted by Crippen LogP contribution is -2.44. The molecule has 1 unspecified atom stereocenters. The normalized spacial score (nSPS) is 17.6. The zero-order chi connectivity index (χ0) is 13.0. The van der Waals surface area contributed by atoms with Crippen LogP contribution in [-0.2, 0) is 4.79 Å². The summed E-state index contributed by atoms with van der Waals surface area (Å²) >= 11 is 0. The Bertz CT molecular complexity index is 417. The molecule has 0 bridgehead atoms. The highest BCUT2D eigenvalue weighted by Gasteiger charge is 2.26. The molecule has 0 spiro atoms. The lowest BCUT2D eigenvalue weighted by Gasteiger charge is -2.25. The minimum Gasteiger partial charge on any atom is -0.485 e. The number of carbonyl (C=O) groups excluding carboxylic acids is 1. The molecule has 4 nitrogen and oxygen atoms in total. The molecule has 1 aromatic carbocycles. The van der Waals surface area contributed by atoms with Gasteiger partial charge in [0, 0.05) is 6.54 Å². The van der Waals surface area contributed by atoms with Gasteiger partial charge in [0.05, 0.1) is 0 Å². The molecule has 4 heteroatoms. The topological polar surface area (TPSA) is 47.6 Å². The van der Waals surface area contributed by atoms with Crippen LogP contribution in [0.1, 0.15) is 20.3 Å². The number of nitrogens with one attached hydrogen (secondary N) is 1. The molecule has 1 atom stereocenters. The van der Waals surface area contributed by atoms with Gasteiger partial charge >= 0.3 is 0 Å². The minimum atomic E-state index is -0.549. The number of benzene rings is 1. The molecule has 0 saturated carbocycles. The maximum atomic E-state index is 11.9. The standard InChI is InChI=1S/C14H19NO3/c1-10(2)7-8-15-14(16)13-9-17-11-5-3-4-6-12(11)18-13/h3-6,10,13H,7-9H2,1-2H3,(H,15,16). The van der Waals surface area contributed by atoms with Crippen LogP contribution in [-0.4, -0.2) is 25.2 Å². The summed E-state index contributed by atoms with van der Waals surface area (Å²) in [5.74, 6) is 1.80. The van der Waals surface area contributed by atoms with E-state index in [1.165, 1.54) is 0 Å². The molecule has 1 aliphatic heterocycles. The van der Waals surface area contributed by atoms with Gasteiger partial charge in [0.15, 0.2) is 11.5 Å². The molecule has 0 saturated heterocycles. The fraction of sp³-hybridized carbons (Fsp3) is 0.500. The number of hydrogen-bond donors (Lipinski definition) is 1. The van der Waals surface area contributed by atoms with Gasteiger partial charge in [0.1, 0.15) is 6.61 Å². The highest BCUT2D eigenvalue weighted by Crippen LogP contribution is 2.30. The van der Waals surface area contributed by atoms with Crippen LogP contribution in [0.15, 0.2) is 24.3 Å². The molecule has 0 fully saturated rings. The summed E-state index contributed by atoms with van der Waals surface area (Å²) in [6, 6.07) is 7.39. The van der Waals surface area contributed by atoms with Crippen molar-refractivity contribution in [1.29, 1.82) is 0 Å². The highest BCUT2D eigenvalue weighted by atomic mass is 16.6. The molecule has 98 valence electrons. The van der Waals surface area contributed by atoms with E-state index in [9.17, 15) is 4.79 Å². The van der Waals surface area contributed by atoms with Gasteiger partial charge in [0.2, 0.25) is 6.10 Å². The Balaban J connectivity index is 1.87. The van der Waals surface area contributed by atoms with Crippen molar-refractivity contribution < 1.29 is 14.3 Å². The second kappa shape index (κ2) is 5.76. The Morgan fingerprint density at radius 3 is 2.83 bits per heavy atom. The second-order valence-electron chi connectivity index (χ2n) is 4.84. The zero-order valence-corrected chi connectivity index (χ0v) is 10.8. The van der Waals surface area contributed by atoms with E-state index in [4.69, 9.17) is 9.47 Å². The van der Waals surface area contributed by atoms with Gasteiger partial charge in [-0.3, -0.25) is 4.79 Å². The van der Waals surface area contributed by atoms with Crippen LogP contribution < -0.4 is 14.8 Å². The third kappa shape index (κ3) is 3.15. The van der Waals surface area contributed by atoms with Crippen LogP contribution in [0.4, 0.5) is 0 Å². The number of fused-ring (bicyclic) bond motifs is 1. The van der Waals surface area contributed by atoms with Gasteiger partial charge in [0.25, 0.3) is 5.91 Å². The lowest BCUT2D eigenvalue weighted by atomic mass is 10.1. The van der Waals surface area contributed by atoms with Gasteiger partial charge in [-0.15, -0.1) is 0 Å². The maximum Gasteiger partial charge on any atom is 0.264 e. The quantitative estimate of drug-likeness (QED) is 0.887. The van der Waals surface area contributed by atoms with E-state index in [2.05, 4.69) is 19.2 Å². The summed E-state index contributed by atoms with van der Waals surface area (Å²) in [7, 11) is 0. The van der Waals surface area contributed by atoms with E-state index >= 15 is 0 Å². The number of carbonyl (C=O) groups is 1. The van der Waals surface area contributed by atoms with Crippen molar-refractivity contribution >= 4 is 5.91 Å². The van der Waals surface area contributed by atoms with E-state index in [1.54, 1.807) is 0 Å². The average molecular weight is 249 g/mol. The maximum absolute atomic E-state index is 11.9. The van der Waals surface area contributed by atoms with Crippen LogP contribution in [0.3, 0.4) is 0 Å². The third-order valence-electron chi connectivity index (χ3n) is 2.82. The largest absolute Gasteiger partial charge is 0.485 e. The first-order valence-electron chi connectivity index (χ1n) is 6.33. The molecule has 2 rings (SSSR count). The SMILES string of the molecule is CC(C)CCNC(=O)C1COc2ccccc2O1. The van der Waals surface area contributed by atoms with E-state index in [0.29, 0.717) is 24.0 Å². The zero-order valence-electron chi connectivity index (χ0n) is 10.8. The van der Waals surface area contributed by atoms with Gasteiger partial charge in [-0.1, -0.05) is 26.0 Å². The van der Waals surface area contributed by atoms with Crippen LogP contribution in [0, 0.1) is 5.92 Å². The Hall–Kier alpha value is -1.71. The Morgan fingerprint density at radius 2 is 2.11 bits per heavy atom. The smallest absolute Gasteiger partial charge is 0.264 e. The molecular formula is C14H19NO3. The van der Waals surface area contributed by atoms with Crippen LogP contribution in [0.5, 0.6) is 11.5 Å². The monoisotopic (exact) mass is 249 g/mol. The molecular weight excluding hydrogens is 230 g/mol. The fourth-order valence-electron chi connectivity index (χ4n) is 1.75. The highest BCUT2D eigenvalue weighted by molar-refractivity contribution is 5.81. The van der Waals surface area contributed by atoms with Gasteiger partial charge < -0.3 is 14.8 Å². The van der Waals surface area contributed by atoms with Gasteiger partial charge in [-0.05, 0) is 24.5 Å². The van der Waals surface area contributed by atoms with Crippen molar-refractivity contribution in [3.8, 4) is 11.5 Å². The first-order chi connectivity index (χ1) is 8.66. The molecule has 1 aliphatic rings. The second-order valence-corrected chi connectivity index (χ2v) is 4.84. The van der Waals surface area contributed by atoms with Gasteiger partial charge in [-0.25, -0.2) is 0 Å². The number of ether oxygens (including phenoxy) is 2. The van der Waals surface area contributed by atoms with Crippen LogP contribution in [0.25, 0.3) is 0 Å². The summed E-state index contributed by atoms with van der Waals surface area (Å²) in [4.78, 5) is 11.9. The van der Waals surface area contributed by atoms with Crippen molar-refractivity contribution in [1.82, 2.24) is 5.32 Å². The van der Waals surface area contributed by atoms with Crippen molar-refractivity contribution in [2.45, 2.75) is 26.4 Å². The van der Waals surface area contributed by atoms with Crippen LogP contribution in [0.2, 0.25) is 0 Å². The molecule has 0 aromatic heterocycles. The Labute approximate surface area is 107 Å². The first kappa shape index (κ1) is 12.7. The number of hydrogen-bond acceptors (Lipinski definition) is 3. The molecule has 1 heterocycles. The molecule has 1 aromatic rings. The summed E-state index contributed by atoms with van der Waals surface area (Å²) < 4.78 is 11.1. The predicted molar refractivity (Wildman–Crippen MR) is 68.8 cm³/mol. The molecule has 0 radical (unpaired) electrons. The predicted octanol–water partition coefficient (Wildman–Crippen LogP) is 1.99. The Kier molecular flexibility index (Phi) is 4.07. The van der Waals surface area contributed by atoms with E-state index in [0.717, 1.165) is 6.42 Å². The van der Waals surface area contributed by atoms with Crippen molar-refractivity contribution in [2.24, 2.45) is 5.92 Å². The summed E-state index contributed by atoms with van der Waals surface area (Å²) in [6.45, 7) is 5.20. The molecule has 1 amide bonds. The van der Waals surface area contributed by atoms with Crippen molar-refractivity contribution in [3.63, 3.8) is 0 Å².